The van der Waals surface area contributed by atoms with Crippen molar-refractivity contribution in [3.63, 3.8) is 0 Å². The van der Waals surface area contributed by atoms with Crippen LogP contribution in [0.5, 0.6) is 0 Å². The summed E-state index contributed by atoms with van der Waals surface area (Å²) in [5, 5.41) is 0. The van der Waals surface area contributed by atoms with Gasteiger partial charge in [-0.2, -0.15) is 35.1 Å². The number of alkyl halides is 8. The number of nitrogens with two attached hydrogens (primary N) is 1. The van der Waals surface area contributed by atoms with Crippen molar-refractivity contribution in [2.24, 2.45) is 5.73 Å². The largest absolute Gasteiger partial charge is 0.455 e. The van der Waals surface area contributed by atoms with Crippen molar-refractivity contribution in [1.82, 2.24) is 0 Å². The predicted molar refractivity (Wildman–Crippen MR) is 56.6 cm³/mol. The van der Waals surface area contributed by atoms with Crippen LogP contribution in [0.15, 0.2) is 18.2 Å². The van der Waals surface area contributed by atoms with E-state index < -0.39 is 41.3 Å². The highest BCUT2D eigenvalue weighted by Gasteiger charge is 2.63. The molecule has 0 amide bonds. The van der Waals surface area contributed by atoms with Crippen molar-refractivity contribution in [3.8, 4) is 0 Å². The maximum Gasteiger partial charge on any atom is 0.455 e. The Labute approximate surface area is 118 Å². The Kier molecular flexibility index (Phi) is 5.59. The lowest BCUT2D eigenvalue weighted by Crippen LogP contribution is -2.46. The van der Waals surface area contributed by atoms with Crippen LogP contribution in [0.3, 0.4) is 0 Å². The first-order valence-corrected chi connectivity index (χ1v) is 4.86. The van der Waals surface area contributed by atoms with Gasteiger partial charge in [-0.3, -0.25) is 0 Å². The van der Waals surface area contributed by atoms with Crippen molar-refractivity contribution < 1.29 is 39.5 Å². The van der Waals surface area contributed by atoms with Gasteiger partial charge in [-0.15, -0.1) is 12.4 Å². The molecule has 1 nitrogen and oxygen atoms in total. The molecule has 0 unspecified atom stereocenters. The molecule has 0 aliphatic carbocycles. The molecular weight excluding hydrogens is 341 g/mol. The fraction of sp³-hybridized carbons (Fsp3) is 0.400. The highest BCUT2D eigenvalue weighted by molar-refractivity contribution is 5.85. The molecule has 11 heteroatoms. The van der Waals surface area contributed by atoms with E-state index in [0.29, 0.717) is 12.1 Å². The highest BCUT2D eigenvalue weighted by atomic mass is 35.5. The van der Waals surface area contributed by atoms with Gasteiger partial charge in [0.25, 0.3) is 0 Å². The molecule has 1 aromatic rings. The molecule has 0 fully saturated rings. The van der Waals surface area contributed by atoms with Gasteiger partial charge in [-0.1, -0.05) is 6.07 Å². The maximum absolute atomic E-state index is 13.3. The van der Waals surface area contributed by atoms with Crippen molar-refractivity contribution >= 4 is 12.4 Å². The Balaban J connectivity index is 0.00000400. The van der Waals surface area contributed by atoms with Crippen molar-refractivity contribution in [2.45, 2.75) is 24.3 Å². The minimum Gasteiger partial charge on any atom is -0.319 e. The molecular formula is C10H7ClF9N. The number of hydrogen-bond donors (Lipinski definition) is 1. The average molecular weight is 348 g/mol. The molecule has 0 bridgehead atoms. The van der Waals surface area contributed by atoms with Gasteiger partial charge in [-0.25, -0.2) is 4.39 Å². The van der Waals surface area contributed by atoms with Crippen LogP contribution in [0, 0.1) is 5.82 Å². The topological polar surface area (TPSA) is 26.0 Å². The minimum absolute atomic E-state index is 0. The Hall–Kier alpha value is -1.16. The third-order valence-electron chi connectivity index (χ3n) is 2.44. The van der Waals surface area contributed by atoms with E-state index in [9.17, 15) is 39.5 Å². The van der Waals surface area contributed by atoms with E-state index in [-0.39, 0.29) is 18.5 Å². The van der Waals surface area contributed by atoms with Crippen LogP contribution in [0.4, 0.5) is 39.5 Å². The normalized spacial score (nSPS) is 14.6. The van der Waals surface area contributed by atoms with Gasteiger partial charge in [-0.05, 0) is 12.1 Å². The summed E-state index contributed by atoms with van der Waals surface area (Å²) in [7, 11) is 0. The lowest BCUT2D eigenvalue weighted by atomic mass is 9.95. The summed E-state index contributed by atoms with van der Waals surface area (Å²) < 4.78 is 113. The maximum atomic E-state index is 13.3. The number of rotatable bonds is 2. The highest BCUT2D eigenvalue weighted by Crippen LogP contribution is 2.46. The van der Waals surface area contributed by atoms with E-state index in [4.69, 9.17) is 0 Å². The Morgan fingerprint density at radius 3 is 1.76 bits per heavy atom. The molecule has 0 aromatic heterocycles. The van der Waals surface area contributed by atoms with Gasteiger partial charge in [0.1, 0.15) is 11.9 Å². The number of hydrogen-bond acceptors (Lipinski definition) is 1. The summed E-state index contributed by atoms with van der Waals surface area (Å²) in [6, 6.07) is -2.50. The van der Waals surface area contributed by atoms with Crippen LogP contribution in [0.2, 0.25) is 0 Å². The molecule has 21 heavy (non-hydrogen) atoms. The smallest absolute Gasteiger partial charge is 0.319 e. The zero-order valence-electron chi connectivity index (χ0n) is 9.70. The average Bonchev–Trinajstić information content (AvgIpc) is 2.24. The van der Waals surface area contributed by atoms with Gasteiger partial charge in [0.15, 0.2) is 0 Å². The first-order valence-electron chi connectivity index (χ1n) is 4.86. The Bertz CT molecular complexity index is 494. The van der Waals surface area contributed by atoms with Gasteiger partial charge < -0.3 is 5.73 Å². The standard InChI is InChI=1S/C10H6F9N.ClH/c11-5-3-1-2-4(9(14,15)16)6(5)7(20)8(12,13)10(17,18)19;/h1-3,7H,20H2;1H/t7-;/m1./s1. The third-order valence-corrected chi connectivity index (χ3v) is 2.44. The second kappa shape index (κ2) is 5.91. The summed E-state index contributed by atoms with van der Waals surface area (Å²) in [6.07, 6.45) is -11.5. The van der Waals surface area contributed by atoms with Crippen LogP contribution >= 0.6 is 12.4 Å². The molecule has 122 valence electrons. The summed E-state index contributed by atoms with van der Waals surface area (Å²) >= 11 is 0. The second-order valence-corrected chi connectivity index (χ2v) is 3.80. The molecule has 0 saturated carbocycles. The summed E-state index contributed by atoms with van der Waals surface area (Å²) in [4.78, 5) is 0. The molecule has 0 aliphatic rings. The number of benzene rings is 1. The minimum atomic E-state index is -6.21. The SMILES string of the molecule is Cl.N[C@H](c1c(F)cccc1C(F)(F)F)C(F)(F)C(F)(F)F. The molecule has 0 aliphatic heterocycles. The van der Waals surface area contributed by atoms with E-state index in [1.165, 1.54) is 0 Å². The van der Waals surface area contributed by atoms with Crippen LogP contribution in [-0.2, 0) is 6.18 Å². The summed E-state index contributed by atoms with van der Waals surface area (Å²) in [5.41, 5.74) is 0.641. The lowest BCUT2D eigenvalue weighted by Gasteiger charge is -2.28. The van der Waals surface area contributed by atoms with E-state index in [2.05, 4.69) is 5.73 Å². The first-order chi connectivity index (χ1) is 8.80. The zero-order chi connectivity index (χ0) is 15.9. The van der Waals surface area contributed by atoms with Gasteiger partial charge in [0, 0.05) is 5.56 Å². The van der Waals surface area contributed by atoms with Crippen molar-refractivity contribution in [2.75, 3.05) is 0 Å². The monoisotopic (exact) mass is 347 g/mol. The van der Waals surface area contributed by atoms with Crippen LogP contribution in [0.25, 0.3) is 0 Å². The van der Waals surface area contributed by atoms with E-state index in [0.717, 1.165) is 0 Å². The van der Waals surface area contributed by atoms with Gasteiger partial charge >= 0.3 is 18.3 Å². The summed E-state index contributed by atoms with van der Waals surface area (Å²) in [5.74, 6) is -7.61. The molecule has 1 aromatic carbocycles. The molecule has 0 spiro atoms. The Morgan fingerprint density at radius 1 is 0.905 bits per heavy atom. The van der Waals surface area contributed by atoms with Gasteiger partial charge in [0.05, 0.1) is 5.56 Å². The second-order valence-electron chi connectivity index (χ2n) is 3.80. The molecule has 1 rings (SSSR count). The Morgan fingerprint density at radius 2 is 1.38 bits per heavy atom. The molecule has 0 radical (unpaired) electrons. The molecule has 0 heterocycles. The molecule has 2 N–H and O–H groups in total. The van der Waals surface area contributed by atoms with Crippen LogP contribution < -0.4 is 5.73 Å². The fourth-order valence-electron chi connectivity index (χ4n) is 1.46. The van der Waals surface area contributed by atoms with Crippen molar-refractivity contribution in [3.05, 3.63) is 35.1 Å². The van der Waals surface area contributed by atoms with E-state index in [1.807, 2.05) is 0 Å². The molecule has 0 saturated heterocycles. The fourth-order valence-corrected chi connectivity index (χ4v) is 1.46. The lowest BCUT2D eigenvalue weighted by molar-refractivity contribution is -0.291. The zero-order valence-corrected chi connectivity index (χ0v) is 10.5. The quantitative estimate of drug-likeness (QED) is 0.785. The van der Waals surface area contributed by atoms with Crippen LogP contribution in [-0.4, -0.2) is 12.1 Å². The van der Waals surface area contributed by atoms with E-state index >= 15 is 0 Å². The summed E-state index contributed by atoms with van der Waals surface area (Å²) in [6.45, 7) is 0. The number of halogens is 10. The first kappa shape index (κ1) is 19.8. The van der Waals surface area contributed by atoms with E-state index in [1.54, 1.807) is 0 Å². The predicted octanol–water partition coefficient (Wildman–Crippen LogP) is 4.46. The third kappa shape index (κ3) is 3.73. The molecule has 1 atom stereocenters. The van der Waals surface area contributed by atoms with Crippen LogP contribution in [0.1, 0.15) is 17.2 Å². The van der Waals surface area contributed by atoms with Gasteiger partial charge in [0.2, 0.25) is 0 Å². The van der Waals surface area contributed by atoms with Crippen molar-refractivity contribution in [1.29, 1.82) is 0 Å².